The lowest BCUT2D eigenvalue weighted by atomic mass is 10.2. The van der Waals surface area contributed by atoms with E-state index in [-0.39, 0.29) is 5.91 Å². The fourth-order valence-corrected chi connectivity index (χ4v) is 0.412. The number of nitrogens with two attached hydrogens (primary N) is 1. The van der Waals surface area contributed by atoms with E-state index in [1.807, 2.05) is 0 Å². The van der Waals surface area contributed by atoms with Crippen LogP contribution in [0.2, 0.25) is 0 Å². The number of amides is 1. The lowest BCUT2D eigenvalue weighted by Gasteiger charge is -1.90. The Kier molecular flexibility index (Phi) is 3.35. The zero-order valence-corrected chi connectivity index (χ0v) is 5.61. The first-order valence-corrected chi connectivity index (χ1v) is 2.76. The van der Waals surface area contributed by atoms with Crippen LogP contribution in [0.5, 0.6) is 0 Å². The van der Waals surface area contributed by atoms with Crippen molar-refractivity contribution in [1.82, 2.24) is 0 Å². The van der Waals surface area contributed by atoms with E-state index in [1.165, 1.54) is 0 Å². The highest BCUT2D eigenvalue weighted by Crippen LogP contribution is 1.98. The molecule has 1 amide bonds. The van der Waals surface area contributed by atoms with Crippen LogP contribution in [0, 0.1) is 0 Å². The predicted molar refractivity (Wildman–Crippen MR) is 36.6 cm³/mol. The number of hydrogen-bond donors (Lipinski definition) is 2. The average Bonchev–Trinajstić information content (AvgIpc) is 1.65. The molecule has 46 valence electrons. The summed E-state index contributed by atoms with van der Waals surface area (Å²) < 4.78 is 0. The number of thiol groups is 1. The third-order valence-corrected chi connectivity index (χ3v) is 1.11. The summed E-state index contributed by atoms with van der Waals surface area (Å²) in [6.07, 6.45) is 0.309. The molecule has 0 fully saturated rings. The summed E-state index contributed by atoms with van der Waals surface area (Å²) in [5.74, 6) is -0.312. The van der Waals surface area contributed by atoms with Crippen LogP contribution in [0.15, 0.2) is 11.0 Å². The van der Waals surface area contributed by atoms with Gasteiger partial charge in [-0.25, -0.2) is 0 Å². The topological polar surface area (TPSA) is 43.1 Å². The fraction of sp³-hybridized carbons (Fsp3) is 0.400. The standard InChI is InChI=1S/C5H9NOS/c1-4(3-8)2-5(6)7/h3,8H,2H2,1H3,(H2,6,7)/b4-3+. The molecule has 3 heteroatoms. The van der Waals surface area contributed by atoms with Gasteiger partial charge in [0.05, 0.1) is 0 Å². The van der Waals surface area contributed by atoms with Crippen LogP contribution in [0.3, 0.4) is 0 Å². The van der Waals surface area contributed by atoms with Gasteiger partial charge in [-0.15, -0.1) is 0 Å². The Morgan fingerprint density at radius 2 is 2.38 bits per heavy atom. The number of primary amides is 1. The zero-order valence-electron chi connectivity index (χ0n) is 4.72. The second-order valence-corrected chi connectivity index (χ2v) is 1.88. The quantitative estimate of drug-likeness (QED) is 0.532. The first kappa shape index (κ1) is 7.56. The highest BCUT2D eigenvalue weighted by atomic mass is 32.1. The minimum absolute atomic E-state index is 0.309. The summed E-state index contributed by atoms with van der Waals surface area (Å²) >= 11 is 3.82. The molecule has 0 aromatic rings. The summed E-state index contributed by atoms with van der Waals surface area (Å²) in [5.41, 5.74) is 5.74. The van der Waals surface area contributed by atoms with Crippen molar-refractivity contribution in [2.24, 2.45) is 5.73 Å². The van der Waals surface area contributed by atoms with Gasteiger partial charge in [-0.05, 0) is 12.3 Å². The molecular weight excluding hydrogens is 122 g/mol. The maximum absolute atomic E-state index is 10.1. The molecule has 0 saturated heterocycles. The molecule has 0 aliphatic rings. The largest absolute Gasteiger partial charge is 0.369 e. The molecule has 0 aliphatic heterocycles. The van der Waals surface area contributed by atoms with Crippen LogP contribution in [-0.2, 0) is 4.79 Å². The van der Waals surface area contributed by atoms with E-state index < -0.39 is 0 Å². The van der Waals surface area contributed by atoms with Gasteiger partial charge in [-0.3, -0.25) is 4.79 Å². The molecule has 8 heavy (non-hydrogen) atoms. The molecule has 2 nitrogen and oxygen atoms in total. The highest BCUT2D eigenvalue weighted by Gasteiger charge is 1.92. The van der Waals surface area contributed by atoms with E-state index in [4.69, 9.17) is 5.73 Å². The average molecular weight is 131 g/mol. The van der Waals surface area contributed by atoms with Gasteiger partial charge in [0.2, 0.25) is 5.91 Å². The third kappa shape index (κ3) is 3.74. The predicted octanol–water partition coefficient (Wildman–Crippen LogP) is 0.695. The van der Waals surface area contributed by atoms with Crippen LogP contribution in [-0.4, -0.2) is 5.91 Å². The Hall–Kier alpha value is -0.440. The molecule has 0 aliphatic carbocycles. The maximum atomic E-state index is 10.1. The Bertz CT molecular complexity index is 120. The highest BCUT2D eigenvalue weighted by molar-refractivity contribution is 7.83. The van der Waals surface area contributed by atoms with Crippen molar-refractivity contribution in [3.05, 3.63) is 11.0 Å². The van der Waals surface area contributed by atoms with Crippen molar-refractivity contribution in [2.45, 2.75) is 13.3 Å². The van der Waals surface area contributed by atoms with Crippen LogP contribution < -0.4 is 5.73 Å². The monoisotopic (exact) mass is 131 g/mol. The van der Waals surface area contributed by atoms with Gasteiger partial charge in [0, 0.05) is 6.42 Å². The van der Waals surface area contributed by atoms with Gasteiger partial charge >= 0.3 is 0 Å². The number of hydrogen-bond acceptors (Lipinski definition) is 2. The van der Waals surface area contributed by atoms with Crippen LogP contribution in [0.1, 0.15) is 13.3 Å². The normalized spacial score (nSPS) is 11.5. The van der Waals surface area contributed by atoms with Gasteiger partial charge in [0.25, 0.3) is 0 Å². The van der Waals surface area contributed by atoms with Crippen LogP contribution >= 0.6 is 12.6 Å². The summed E-state index contributed by atoms with van der Waals surface area (Å²) in [7, 11) is 0. The minimum atomic E-state index is -0.312. The number of rotatable bonds is 2. The maximum Gasteiger partial charge on any atom is 0.221 e. The van der Waals surface area contributed by atoms with Crippen molar-refractivity contribution in [2.75, 3.05) is 0 Å². The van der Waals surface area contributed by atoms with Gasteiger partial charge in [-0.1, -0.05) is 5.57 Å². The van der Waals surface area contributed by atoms with Crippen molar-refractivity contribution in [3.8, 4) is 0 Å². The lowest BCUT2D eigenvalue weighted by Crippen LogP contribution is -2.09. The smallest absolute Gasteiger partial charge is 0.221 e. The molecule has 0 aromatic heterocycles. The first-order valence-electron chi connectivity index (χ1n) is 2.25. The van der Waals surface area contributed by atoms with Crippen molar-refractivity contribution in [1.29, 1.82) is 0 Å². The Morgan fingerprint density at radius 1 is 1.88 bits per heavy atom. The van der Waals surface area contributed by atoms with Crippen molar-refractivity contribution >= 4 is 18.5 Å². The van der Waals surface area contributed by atoms with E-state index in [0.29, 0.717) is 6.42 Å². The number of carbonyl (C=O) groups excluding carboxylic acids is 1. The van der Waals surface area contributed by atoms with Gasteiger partial charge in [0.15, 0.2) is 0 Å². The summed E-state index contributed by atoms with van der Waals surface area (Å²) in [6, 6.07) is 0. The molecule has 2 N–H and O–H groups in total. The molecule has 0 spiro atoms. The molecule has 0 rings (SSSR count). The van der Waals surface area contributed by atoms with Gasteiger partial charge < -0.3 is 5.73 Å². The van der Waals surface area contributed by atoms with E-state index in [0.717, 1.165) is 5.57 Å². The second-order valence-electron chi connectivity index (χ2n) is 1.62. The Morgan fingerprint density at radius 3 is 2.50 bits per heavy atom. The van der Waals surface area contributed by atoms with E-state index in [2.05, 4.69) is 12.6 Å². The van der Waals surface area contributed by atoms with Gasteiger partial charge in [0.1, 0.15) is 0 Å². The number of carbonyl (C=O) groups is 1. The molecule has 0 heterocycles. The molecule has 0 radical (unpaired) electrons. The second kappa shape index (κ2) is 3.55. The molecular formula is C5H9NOS. The zero-order chi connectivity index (χ0) is 6.57. The summed E-state index contributed by atoms with van der Waals surface area (Å²) in [4.78, 5) is 10.1. The van der Waals surface area contributed by atoms with Crippen molar-refractivity contribution < 1.29 is 4.79 Å². The molecule has 0 aromatic carbocycles. The summed E-state index contributed by atoms with van der Waals surface area (Å²) in [5, 5.41) is 1.57. The first-order chi connectivity index (χ1) is 3.66. The molecule has 0 atom stereocenters. The Balaban J connectivity index is 3.56. The molecule has 0 bridgehead atoms. The summed E-state index contributed by atoms with van der Waals surface area (Å²) in [6.45, 7) is 1.80. The van der Waals surface area contributed by atoms with E-state index in [9.17, 15) is 4.79 Å². The van der Waals surface area contributed by atoms with Gasteiger partial charge in [-0.2, -0.15) is 12.6 Å². The minimum Gasteiger partial charge on any atom is -0.369 e. The van der Waals surface area contributed by atoms with Crippen molar-refractivity contribution in [3.63, 3.8) is 0 Å². The fourth-order valence-electron chi connectivity index (χ4n) is 0.320. The Labute approximate surface area is 54.2 Å². The molecule has 0 unspecified atom stereocenters. The third-order valence-electron chi connectivity index (χ3n) is 0.673. The van der Waals surface area contributed by atoms with Crippen LogP contribution in [0.4, 0.5) is 0 Å². The molecule has 0 saturated carbocycles. The SMILES string of the molecule is C/C(=C\S)CC(N)=O. The van der Waals surface area contributed by atoms with E-state index >= 15 is 0 Å². The lowest BCUT2D eigenvalue weighted by molar-refractivity contribution is -0.117. The van der Waals surface area contributed by atoms with E-state index in [1.54, 1.807) is 12.3 Å². The van der Waals surface area contributed by atoms with Crippen LogP contribution in [0.25, 0.3) is 0 Å².